The number of amides is 1. The summed E-state index contributed by atoms with van der Waals surface area (Å²) in [6.07, 6.45) is 6.39. The summed E-state index contributed by atoms with van der Waals surface area (Å²) in [5.41, 5.74) is 2.47. The average molecular weight is 467 g/mol. The fourth-order valence-corrected chi connectivity index (χ4v) is 5.12. The van der Waals surface area contributed by atoms with Crippen molar-refractivity contribution in [2.45, 2.75) is 83.0 Å². The van der Waals surface area contributed by atoms with Gasteiger partial charge in [-0.3, -0.25) is 9.36 Å². The smallest absolute Gasteiger partial charge is 0.235 e. The molecule has 0 saturated heterocycles. The van der Waals surface area contributed by atoms with Crippen molar-refractivity contribution in [3.05, 3.63) is 42.1 Å². The first-order valence-corrected chi connectivity index (χ1v) is 12.7. The lowest BCUT2D eigenvalue weighted by Gasteiger charge is -2.20. The van der Waals surface area contributed by atoms with Gasteiger partial charge in [0.05, 0.1) is 11.9 Å². The van der Waals surface area contributed by atoms with Crippen LogP contribution in [0.5, 0.6) is 0 Å². The van der Waals surface area contributed by atoms with E-state index >= 15 is 0 Å². The summed E-state index contributed by atoms with van der Waals surface area (Å²) in [6, 6.07) is 11.0. The van der Waals surface area contributed by atoms with Crippen LogP contribution in [0.3, 0.4) is 0 Å². The maximum Gasteiger partial charge on any atom is 0.235 e. The number of anilines is 1. The minimum Gasteiger partial charge on any atom is -0.310 e. The molecule has 0 radical (unpaired) electrons. The molecule has 2 heterocycles. The van der Waals surface area contributed by atoms with Gasteiger partial charge in [0.15, 0.2) is 11.0 Å². The lowest BCUT2D eigenvalue weighted by molar-refractivity contribution is -0.113. The number of hydrogen-bond donors (Lipinski definition) is 1. The minimum absolute atomic E-state index is 0.0700. The van der Waals surface area contributed by atoms with Crippen molar-refractivity contribution in [3.8, 4) is 11.4 Å². The molecule has 0 aliphatic heterocycles. The zero-order valence-corrected chi connectivity index (χ0v) is 21.0. The van der Waals surface area contributed by atoms with Gasteiger partial charge in [-0.1, -0.05) is 69.6 Å². The number of rotatable bonds is 7. The van der Waals surface area contributed by atoms with Crippen LogP contribution in [0.25, 0.3) is 11.4 Å². The summed E-state index contributed by atoms with van der Waals surface area (Å²) in [6.45, 7) is 10.7. The average Bonchev–Trinajstić information content (AvgIpc) is 3.51. The van der Waals surface area contributed by atoms with Crippen LogP contribution in [0.15, 0.2) is 41.7 Å². The van der Waals surface area contributed by atoms with E-state index in [4.69, 9.17) is 0 Å². The Bertz CT molecular complexity index is 1090. The lowest BCUT2D eigenvalue weighted by atomic mass is 9.86. The number of nitrogens with one attached hydrogen (secondary N) is 1. The first kappa shape index (κ1) is 23.5. The Kier molecular flexibility index (Phi) is 6.93. The number of carbonyl (C=O) groups is 1. The largest absolute Gasteiger partial charge is 0.310 e. The molecule has 4 rings (SSSR count). The number of carbonyl (C=O) groups excluding carboxylic acids is 1. The van der Waals surface area contributed by atoms with E-state index in [0.29, 0.717) is 11.9 Å². The van der Waals surface area contributed by atoms with Crippen molar-refractivity contribution in [2.24, 2.45) is 0 Å². The van der Waals surface area contributed by atoms with Gasteiger partial charge in [0, 0.05) is 23.7 Å². The molecule has 1 amide bonds. The summed E-state index contributed by atoms with van der Waals surface area (Å²) in [5, 5.41) is 17.1. The van der Waals surface area contributed by atoms with Crippen molar-refractivity contribution in [1.82, 2.24) is 24.5 Å². The molecule has 7 nitrogen and oxygen atoms in total. The van der Waals surface area contributed by atoms with Gasteiger partial charge in [-0.05, 0) is 37.7 Å². The minimum atomic E-state index is -0.0700. The molecule has 3 aromatic rings. The SMILES string of the molecule is CC(C)n1nccc1NC(=O)CSc1nnc(-c2ccc(C(C)(C)C)cc2)n1C1CCCC1. The second-order valence-corrected chi connectivity index (χ2v) is 11.0. The zero-order valence-electron chi connectivity index (χ0n) is 20.2. The predicted octanol–water partition coefficient (Wildman–Crippen LogP) is 5.87. The molecule has 1 N–H and O–H groups in total. The van der Waals surface area contributed by atoms with Crippen LogP contribution in [0.2, 0.25) is 0 Å². The third-order valence-corrected chi connectivity index (χ3v) is 7.07. The maximum atomic E-state index is 12.7. The maximum absolute atomic E-state index is 12.7. The molecule has 1 aliphatic carbocycles. The molecule has 2 aromatic heterocycles. The van der Waals surface area contributed by atoms with E-state index in [9.17, 15) is 4.79 Å². The monoisotopic (exact) mass is 466 g/mol. The summed E-state index contributed by atoms with van der Waals surface area (Å²) in [5.74, 6) is 1.81. The van der Waals surface area contributed by atoms with Crippen LogP contribution >= 0.6 is 11.8 Å². The molecule has 0 unspecified atom stereocenters. The summed E-state index contributed by atoms with van der Waals surface area (Å²) in [4.78, 5) is 12.7. The van der Waals surface area contributed by atoms with Crippen LogP contribution in [-0.2, 0) is 10.2 Å². The summed E-state index contributed by atoms with van der Waals surface area (Å²) < 4.78 is 4.07. The highest BCUT2D eigenvalue weighted by molar-refractivity contribution is 7.99. The molecular weight excluding hydrogens is 432 g/mol. The topological polar surface area (TPSA) is 77.6 Å². The van der Waals surface area contributed by atoms with E-state index in [1.807, 2.05) is 24.6 Å². The Balaban J connectivity index is 1.53. The van der Waals surface area contributed by atoms with E-state index in [2.05, 4.69) is 70.2 Å². The van der Waals surface area contributed by atoms with Crippen LogP contribution < -0.4 is 5.32 Å². The van der Waals surface area contributed by atoms with Crippen LogP contribution in [0.1, 0.15) is 77.9 Å². The van der Waals surface area contributed by atoms with Gasteiger partial charge in [0.1, 0.15) is 5.82 Å². The van der Waals surface area contributed by atoms with Crippen LogP contribution in [0.4, 0.5) is 5.82 Å². The van der Waals surface area contributed by atoms with Crippen LogP contribution in [-0.4, -0.2) is 36.2 Å². The fourth-order valence-electron chi connectivity index (χ4n) is 4.32. The predicted molar refractivity (Wildman–Crippen MR) is 134 cm³/mol. The Morgan fingerprint density at radius 2 is 1.82 bits per heavy atom. The number of aromatic nitrogens is 5. The second-order valence-electron chi connectivity index (χ2n) is 10.0. The van der Waals surface area contributed by atoms with Crippen molar-refractivity contribution in [1.29, 1.82) is 0 Å². The first-order valence-electron chi connectivity index (χ1n) is 11.8. The third-order valence-electron chi connectivity index (χ3n) is 6.12. The van der Waals surface area contributed by atoms with Crippen LogP contribution in [0, 0.1) is 0 Å². The first-order chi connectivity index (χ1) is 15.7. The van der Waals surface area contributed by atoms with Gasteiger partial charge >= 0.3 is 0 Å². The second kappa shape index (κ2) is 9.71. The van der Waals surface area contributed by atoms with Gasteiger partial charge in [-0.25, -0.2) is 4.68 Å². The molecule has 1 aliphatic rings. The van der Waals surface area contributed by atoms with Gasteiger partial charge in [-0.2, -0.15) is 5.10 Å². The van der Waals surface area contributed by atoms with E-state index < -0.39 is 0 Å². The number of hydrogen-bond acceptors (Lipinski definition) is 5. The van der Waals surface area contributed by atoms with Gasteiger partial charge in [0.25, 0.3) is 0 Å². The normalized spacial score (nSPS) is 14.8. The number of thioether (sulfide) groups is 1. The van der Waals surface area contributed by atoms with Crippen molar-refractivity contribution in [2.75, 3.05) is 11.1 Å². The standard InChI is InChI=1S/C25H34N6OS/c1-17(2)31-21(14-15-26-31)27-22(32)16-33-24-29-28-23(30(24)20-8-6-7-9-20)18-10-12-19(13-11-18)25(3,4)5/h10-15,17,20H,6-9,16H2,1-5H3,(H,27,32). The van der Waals surface area contributed by atoms with E-state index in [0.717, 1.165) is 29.4 Å². The Hall–Kier alpha value is -2.61. The van der Waals surface area contributed by atoms with Gasteiger partial charge in [-0.15, -0.1) is 10.2 Å². The molecule has 1 aromatic carbocycles. The molecule has 0 atom stereocenters. The third kappa shape index (κ3) is 5.32. The number of benzene rings is 1. The molecule has 0 spiro atoms. The Morgan fingerprint density at radius 1 is 1.12 bits per heavy atom. The van der Waals surface area contributed by atoms with E-state index in [1.165, 1.54) is 30.2 Å². The highest BCUT2D eigenvalue weighted by atomic mass is 32.2. The Labute approximate surface area is 200 Å². The van der Waals surface area contributed by atoms with E-state index in [1.54, 1.807) is 6.20 Å². The molecule has 176 valence electrons. The number of nitrogens with zero attached hydrogens (tertiary/aromatic N) is 5. The highest BCUT2D eigenvalue weighted by Gasteiger charge is 2.26. The van der Waals surface area contributed by atoms with E-state index in [-0.39, 0.29) is 23.1 Å². The van der Waals surface area contributed by atoms with Crippen molar-refractivity contribution in [3.63, 3.8) is 0 Å². The van der Waals surface area contributed by atoms with Crippen molar-refractivity contribution < 1.29 is 4.79 Å². The Morgan fingerprint density at radius 3 is 2.45 bits per heavy atom. The highest BCUT2D eigenvalue weighted by Crippen LogP contribution is 2.37. The fraction of sp³-hybridized carbons (Fsp3) is 0.520. The molecule has 33 heavy (non-hydrogen) atoms. The zero-order chi connectivity index (χ0) is 23.6. The lowest BCUT2D eigenvalue weighted by Crippen LogP contribution is -2.19. The van der Waals surface area contributed by atoms with Gasteiger partial charge < -0.3 is 5.32 Å². The molecule has 0 bridgehead atoms. The van der Waals surface area contributed by atoms with Crippen molar-refractivity contribution >= 4 is 23.5 Å². The van der Waals surface area contributed by atoms with Gasteiger partial charge in [0.2, 0.25) is 5.91 Å². The quantitative estimate of drug-likeness (QED) is 0.441. The molecule has 1 saturated carbocycles. The molecular formula is C25H34N6OS. The molecule has 1 fully saturated rings. The summed E-state index contributed by atoms with van der Waals surface area (Å²) >= 11 is 1.45. The summed E-state index contributed by atoms with van der Waals surface area (Å²) in [7, 11) is 0. The molecule has 8 heteroatoms.